The smallest absolute Gasteiger partial charge is 0.331 e. The molecule has 0 saturated heterocycles. The zero-order valence-electron chi connectivity index (χ0n) is 17.5. The average Bonchev–Trinajstić information content (AvgIpc) is 2.77. The number of aryl methyl sites for hydroxylation is 1. The molecule has 0 atom stereocenters. The molecule has 3 aromatic rings. The number of hydrogen-bond donors (Lipinski definition) is 2. The van der Waals surface area contributed by atoms with Crippen LogP contribution in [-0.2, 0) is 16.1 Å². The highest BCUT2D eigenvalue weighted by molar-refractivity contribution is 5.87. The summed E-state index contributed by atoms with van der Waals surface area (Å²) in [5.41, 5.74) is 8.30. The first-order valence-corrected chi connectivity index (χ1v) is 9.38. The molecule has 0 bridgehead atoms. The second kappa shape index (κ2) is 10.1. The summed E-state index contributed by atoms with van der Waals surface area (Å²) in [7, 11) is 3.11. The number of hydrogen-bond acceptors (Lipinski definition) is 9. The van der Waals surface area contributed by atoms with Gasteiger partial charge >= 0.3 is 5.97 Å². The van der Waals surface area contributed by atoms with Crippen LogP contribution >= 0.6 is 0 Å². The number of anilines is 3. The number of nitrogens with one attached hydrogen (secondary N) is 1. The topological polar surface area (TPSA) is 121 Å². The summed E-state index contributed by atoms with van der Waals surface area (Å²) < 4.78 is 15.7. The van der Waals surface area contributed by atoms with Gasteiger partial charge in [-0.1, -0.05) is 18.2 Å². The van der Waals surface area contributed by atoms with Gasteiger partial charge in [0.05, 0.1) is 14.2 Å². The lowest BCUT2D eigenvalue weighted by atomic mass is 10.1. The molecule has 0 aliphatic carbocycles. The molecule has 0 fully saturated rings. The molecule has 1 aromatic heterocycles. The standard InChI is InChI=1S/C22H23N5O4/c1-14-6-4-5-7-17(14)24-22-26-19(25-21(23)27-22)13-31-20(28)11-8-15-12-16(29-2)9-10-18(15)30-3/h4-12H,13H2,1-3H3,(H3,23,24,25,26,27)/b11-8+. The Kier molecular flexibility index (Phi) is 7.00. The van der Waals surface area contributed by atoms with Gasteiger partial charge in [-0.3, -0.25) is 0 Å². The number of rotatable bonds is 8. The summed E-state index contributed by atoms with van der Waals surface area (Å²) in [6.07, 6.45) is 2.87. The fourth-order valence-corrected chi connectivity index (χ4v) is 2.70. The van der Waals surface area contributed by atoms with E-state index in [4.69, 9.17) is 19.9 Å². The first-order chi connectivity index (χ1) is 15.0. The van der Waals surface area contributed by atoms with Crippen molar-refractivity contribution in [3.8, 4) is 11.5 Å². The SMILES string of the molecule is COc1ccc(OC)c(/C=C/C(=O)OCc2nc(N)nc(Nc3ccccc3C)n2)c1. The molecule has 1 heterocycles. The molecule has 0 radical (unpaired) electrons. The average molecular weight is 421 g/mol. The predicted octanol–water partition coefficient (Wildman–Crippen LogP) is 3.28. The number of nitrogen functional groups attached to an aromatic ring is 1. The van der Waals surface area contributed by atoms with E-state index in [1.807, 2.05) is 31.2 Å². The normalized spacial score (nSPS) is 10.7. The Bertz CT molecular complexity index is 1100. The van der Waals surface area contributed by atoms with Crippen molar-refractivity contribution in [1.29, 1.82) is 0 Å². The van der Waals surface area contributed by atoms with E-state index < -0.39 is 5.97 Å². The summed E-state index contributed by atoms with van der Waals surface area (Å²) in [6.45, 7) is 1.80. The molecule has 3 N–H and O–H groups in total. The fourth-order valence-electron chi connectivity index (χ4n) is 2.70. The number of para-hydroxylation sites is 1. The van der Waals surface area contributed by atoms with E-state index in [9.17, 15) is 4.79 Å². The van der Waals surface area contributed by atoms with E-state index in [1.165, 1.54) is 6.08 Å². The fraction of sp³-hybridized carbons (Fsp3) is 0.182. The minimum absolute atomic E-state index is 0.0220. The lowest BCUT2D eigenvalue weighted by Gasteiger charge is -2.09. The lowest BCUT2D eigenvalue weighted by Crippen LogP contribution is -2.10. The number of nitrogens with zero attached hydrogens (tertiary/aromatic N) is 3. The quantitative estimate of drug-likeness (QED) is 0.417. The molecule has 9 nitrogen and oxygen atoms in total. The monoisotopic (exact) mass is 421 g/mol. The highest BCUT2D eigenvalue weighted by atomic mass is 16.5. The van der Waals surface area contributed by atoms with Crippen LogP contribution in [0.15, 0.2) is 48.5 Å². The van der Waals surface area contributed by atoms with Gasteiger partial charge in [0, 0.05) is 17.3 Å². The van der Waals surface area contributed by atoms with Crippen LogP contribution in [0.1, 0.15) is 17.0 Å². The minimum Gasteiger partial charge on any atom is -0.497 e. The Labute approximate surface area is 179 Å². The van der Waals surface area contributed by atoms with Gasteiger partial charge in [-0.2, -0.15) is 15.0 Å². The number of aromatic nitrogens is 3. The maximum absolute atomic E-state index is 12.2. The van der Waals surface area contributed by atoms with E-state index in [0.717, 1.165) is 11.3 Å². The molecule has 31 heavy (non-hydrogen) atoms. The molecule has 0 amide bonds. The Balaban J connectivity index is 1.66. The zero-order valence-corrected chi connectivity index (χ0v) is 17.5. The van der Waals surface area contributed by atoms with Gasteiger partial charge in [0.25, 0.3) is 0 Å². The van der Waals surface area contributed by atoms with Crippen LogP contribution in [0.25, 0.3) is 6.08 Å². The van der Waals surface area contributed by atoms with Gasteiger partial charge in [0.1, 0.15) is 11.5 Å². The van der Waals surface area contributed by atoms with Crippen LogP contribution in [0.2, 0.25) is 0 Å². The Hall–Kier alpha value is -4.14. The van der Waals surface area contributed by atoms with Crippen molar-refractivity contribution in [1.82, 2.24) is 15.0 Å². The second-order valence-electron chi connectivity index (χ2n) is 6.42. The number of nitrogens with two attached hydrogens (primary N) is 1. The molecule has 9 heteroatoms. The molecule has 2 aromatic carbocycles. The van der Waals surface area contributed by atoms with Crippen LogP contribution in [-0.4, -0.2) is 35.1 Å². The third kappa shape index (κ3) is 5.92. The van der Waals surface area contributed by atoms with Crippen molar-refractivity contribution < 1.29 is 19.0 Å². The molecular formula is C22H23N5O4. The van der Waals surface area contributed by atoms with Crippen molar-refractivity contribution in [3.63, 3.8) is 0 Å². The number of esters is 1. The molecule has 0 spiro atoms. The van der Waals surface area contributed by atoms with Crippen molar-refractivity contribution in [2.24, 2.45) is 0 Å². The Morgan fingerprint density at radius 2 is 1.90 bits per heavy atom. The maximum atomic E-state index is 12.2. The Morgan fingerprint density at radius 3 is 2.65 bits per heavy atom. The number of methoxy groups -OCH3 is 2. The van der Waals surface area contributed by atoms with Crippen molar-refractivity contribution in [2.75, 3.05) is 25.3 Å². The van der Waals surface area contributed by atoms with E-state index >= 15 is 0 Å². The maximum Gasteiger partial charge on any atom is 0.331 e. The van der Waals surface area contributed by atoms with Crippen LogP contribution in [0, 0.1) is 6.92 Å². The van der Waals surface area contributed by atoms with Gasteiger partial charge in [-0.15, -0.1) is 0 Å². The van der Waals surface area contributed by atoms with Crippen LogP contribution < -0.4 is 20.5 Å². The predicted molar refractivity (Wildman–Crippen MR) is 117 cm³/mol. The lowest BCUT2D eigenvalue weighted by molar-refractivity contribution is -0.139. The van der Waals surface area contributed by atoms with E-state index in [0.29, 0.717) is 17.1 Å². The molecule has 160 valence electrons. The molecular weight excluding hydrogens is 398 g/mol. The third-order valence-electron chi connectivity index (χ3n) is 4.27. The van der Waals surface area contributed by atoms with E-state index in [-0.39, 0.29) is 24.3 Å². The molecule has 0 aliphatic rings. The zero-order chi connectivity index (χ0) is 22.2. The first kappa shape index (κ1) is 21.6. The number of carbonyl (C=O) groups excluding carboxylic acids is 1. The van der Waals surface area contributed by atoms with E-state index in [2.05, 4.69) is 20.3 Å². The van der Waals surface area contributed by atoms with Gasteiger partial charge in [-0.05, 0) is 42.8 Å². The van der Waals surface area contributed by atoms with Crippen LogP contribution in [0.5, 0.6) is 11.5 Å². The first-order valence-electron chi connectivity index (χ1n) is 9.38. The Morgan fingerprint density at radius 1 is 1.10 bits per heavy atom. The summed E-state index contributed by atoms with van der Waals surface area (Å²) in [6, 6.07) is 12.9. The summed E-state index contributed by atoms with van der Waals surface area (Å²) in [4.78, 5) is 24.5. The van der Waals surface area contributed by atoms with Gasteiger partial charge in [-0.25, -0.2) is 4.79 Å². The summed E-state index contributed by atoms with van der Waals surface area (Å²) in [5, 5.41) is 3.09. The summed E-state index contributed by atoms with van der Waals surface area (Å²) >= 11 is 0. The number of benzene rings is 2. The van der Waals surface area contributed by atoms with Crippen molar-refractivity contribution >= 4 is 29.6 Å². The van der Waals surface area contributed by atoms with Gasteiger partial charge in [0.2, 0.25) is 11.9 Å². The number of carbonyl (C=O) groups is 1. The molecule has 0 aliphatic heterocycles. The van der Waals surface area contributed by atoms with Crippen LogP contribution in [0.3, 0.4) is 0 Å². The van der Waals surface area contributed by atoms with Gasteiger partial charge < -0.3 is 25.3 Å². The minimum atomic E-state index is -0.572. The number of ether oxygens (including phenoxy) is 3. The second-order valence-corrected chi connectivity index (χ2v) is 6.42. The van der Waals surface area contributed by atoms with Crippen molar-refractivity contribution in [3.05, 3.63) is 65.5 Å². The third-order valence-corrected chi connectivity index (χ3v) is 4.27. The molecule has 0 unspecified atom stereocenters. The largest absolute Gasteiger partial charge is 0.497 e. The molecule has 3 rings (SSSR count). The highest BCUT2D eigenvalue weighted by Crippen LogP contribution is 2.25. The van der Waals surface area contributed by atoms with Gasteiger partial charge in [0.15, 0.2) is 12.4 Å². The summed E-state index contributed by atoms with van der Waals surface area (Å²) in [5.74, 6) is 1.19. The molecule has 0 saturated carbocycles. The van der Waals surface area contributed by atoms with Crippen molar-refractivity contribution in [2.45, 2.75) is 13.5 Å². The highest BCUT2D eigenvalue weighted by Gasteiger charge is 2.09. The van der Waals surface area contributed by atoms with E-state index in [1.54, 1.807) is 38.5 Å². The van der Waals surface area contributed by atoms with Crippen LogP contribution in [0.4, 0.5) is 17.6 Å².